The number of carbonyl (C=O) groups excluding carboxylic acids is 4. The number of allylic oxidation sites excluding steroid dienone is 2. The molecule has 2 saturated heterocycles. The van der Waals surface area contributed by atoms with Crippen LogP contribution in [0.5, 0.6) is 0 Å². The van der Waals surface area contributed by atoms with E-state index in [-0.39, 0.29) is 38.0 Å². The molecule has 0 saturated carbocycles. The number of methoxy groups -OCH3 is 1. The summed E-state index contributed by atoms with van der Waals surface area (Å²) in [6.07, 6.45) is -3.49. The van der Waals surface area contributed by atoms with Gasteiger partial charge in [0.1, 0.15) is 30.7 Å². The van der Waals surface area contributed by atoms with E-state index < -0.39 is 116 Å². The normalized spacial score (nSPS) is 40.6. The highest BCUT2D eigenvalue weighted by molar-refractivity contribution is 5.71. The number of esters is 3. The van der Waals surface area contributed by atoms with Gasteiger partial charge in [0.2, 0.25) is 0 Å². The molecule has 0 aromatic heterocycles. The lowest BCUT2D eigenvalue weighted by Gasteiger charge is -2.50. The van der Waals surface area contributed by atoms with Gasteiger partial charge < -0.3 is 62.9 Å². The lowest BCUT2D eigenvalue weighted by molar-refractivity contribution is -0.344. The predicted octanol–water partition coefficient (Wildman–Crippen LogP) is 3.16. The maximum Gasteiger partial charge on any atom is 0.308 e. The van der Waals surface area contributed by atoms with Crippen LogP contribution in [0.3, 0.4) is 0 Å². The van der Waals surface area contributed by atoms with Crippen molar-refractivity contribution >= 4 is 24.2 Å². The van der Waals surface area contributed by atoms with Crippen LogP contribution in [0.25, 0.3) is 0 Å². The van der Waals surface area contributed by atoms with E-state index in [0.29, 0.717) is 19.1 Å². The first-order valence-corrected chi connectivity index (χ1v) is 20.6. The predicted molar refractivity (Wildman–Crippen MR) is 210 cm³/mol. The lowest BCUT2D eigenvalue weighted by Crippen LogP contribution is -2.66. The van der Waals surface area contributed by atoms with Crippen molar-refractivity contribution in [2.24, 2.45) is 11.8 Å². The summed E-state index contributed by atoms with van der Waals surface area (Å²) in [5, 5.41) is 34.5. The Labute approximate surface area is 343 Å². The van der Waals surface area contributed by atoms with Crippen LogP contribution in [0.4, 0.5) is 0 Å². The topological polar surface area (TPSA) is 206 Å². The fourth-order valence-electron chi connectivity index (χ4n) is 8.07. The summed E-state index contributed by atoms with van der Waals surface area (Å²) in [6, 6.07) is -0.783. The summed E-state index contributed by atoms with van der Waals surface area (Å²) in [7, 11) is 4.85. The number of aldehydes is 1. The molecule has 16 atom stereocenters. The van der Waals surface area contributed by atoms with Gasteiger partial charge in [0.15, 0.2) is 24.3 Å². The number of cyclic esters (lactones) is 1. The molecule has 0 spiro atoms. The summed E-state index contributed by atoms with van der Waals surface area (Å²) in [5.74, 6) is -2.64. The number of rotatable bonds is 13. The van der Waals surface area contributed by atoms with Crippen LogP contribution < -0.4 is 0 Å². The molecule has 0 bridgehead atoms. The number of carbonyl (C=O) groups is 4. The monoisotopic (exact) mass is 827 g/mol. The van der Waals surface area contributed by atoms with Crippen molar-refractivity contribution in [3.05, 3.63) is 24.3 Å². The van der Waals surface area contributed by atoms with Gasteiger partial charge in [0.25, 0.3) is 0 Å². The van der Waals surface area contributed by atoms with Gasteiger partial charge in [0, 0.05) is 39.2 Å². The maximum atomic E-state index is 12.9. The largest absolute Gasteiger partial charge is 0.462 e. The molecular formula is C42H69NO15. The summed E-state index contributed by atoms with van der Waals surface area (Å²) >= 11 is 0. The second kappa shape index (κ2) is 23.3. The SMILES string of the molecule is CCCC(=O)O[C@H]1[C@H](C)O[C@@H](O[C@H]2[C@H](N(C)C)[C@@H](O)[C@H](O[C@H]3[C@@H](CC=O)C[C@@H](C)[C@@H](O)/C=C/C=C/C[C@@H](C)OC(=O)C[C@@H](O)[C@@H]3OC)O[C@@H]2C)C[C@@]1(C)OC(=O)CC. The minimum absolute atomic E-state index is 0.00608. The fraction of sp³-hybridized carbons (Fsp3) is 0.810. The Morgan fingerprint density at radius 2 is 1.69 bits per heavy atom. The zero-order chi connectivity index (χ0) is 43.3. The third-order valence-electron chi connectivity index (χ3n) is 11.1. The van der Waals surface area contributed by atoms with Gasteiger partial charge in [0.05, 0.1) is 43.0 Å². The van der Waals surface area contributed by atoms with E-state index in [1.165, 1.54) is 7.11 Å². The van der Waals surface area contributed by atoms with Crippen molar-refractivity contribution in [1.29, 1.82) is 0 Å². The molecule has 3 N–H and O–H groups in total. The Balaban J connectivity index is 1.95. The quantitative estimate of drug-likeness (QED) is 0.139. The molecule has 58 heavy (non-hydrogen) atoms. The van der Waals surface area contributed by atoms with Crippen LogP contribution in [0.1, 0.15) is 99.8 Å². The minimum Gasteiger partial charge on any atom is -0.462 e. The fourth-order valence-corrected chi connectivity index (χ4v) is 8.07. The molecular weight excluding hydrogens is 758 g/mol. The van der Waals surface area contributed by atoms with E-state index in [0.717, 1.165) is 0 Å². The maximum absolute atomic E-state index is 12.9. The molecule has 3 rings (SSSR count). The Hall–Kier alpha value is -2.80. The highest BCUT2D eigenvalue weighted by Crippen LogP contribution is 2.39. The van der Waals surface area contributed by atoms with Crippen molar-refractivity contribution in [2.75, 3.05) is 21.2 Å². The second-order valence-electron chi connectivity index (χ2n) is 16.3. The van der Waals surface area contributed by atoms with Gasteiger partial charge in [-0.15, -0.1) is 0 Å². The molecule has 0 aromatic rings. The Bertz CT molecular complexity index is 1380. The molecule has 0 unspecified atom stereocenters. The summed E-state index contributed by atoms with van der Waals surface area (Å²) in [5.41, 5.74) is -1.30. The first-order valence-electron chi connectivity index (χ1n) is 20.6. The standard InChI is InChI=1S/C42H69NO15/c1-11-16-32(48)55-40-27(6)53-34(23-42(40,7)58-31(47)12-2)56-37-26(5)54-41(36(50)35(37)43(8)9)57-38-28(19-20-44)21-24(3)29(45)18-15-13-14-17-25(4)52-33(49)22-30(46)39(38)51-10/h13-15,18,20,24-30,34-41,45-46,50H,11-12,16-17,19,21-23H2,1-10H3/b14-13+,18-15+/t24-,25-,26-,27+,28+,29+,30-,34+,35-,36-,37-,38+,39+,40+,41+,42-/m1/s1. The number of ether oxygens (including phenoxy) is 8. The van der Waals surface area contributed by atoms with Crippen LogP contribution in [0.15, 0.2) is 24.3 Å². The zero-order valence-electron chi connectivity index (χ0n) is 35.9. The second-order valence-corrected chi connectivity index (χ2v) is 16.3. The summed E-state index contributed by atoms with van der Waals surface area (Å²) < 4.78 is 48.8. The molecule has 3 aliphatic heterocycles. The molecule has 16 nitrogen and oxygen atoms in total. The number of hydrogen-bond acceptors (Lipinski definition) is 16. The van der Waals surface area contributed by atoms with Crippen LogP contribution >= 0.6 is 0 Å². The zero-order valence-corrected chi connectivity index (χ0v) is 35.9. The Kier molecular flexibility index (Phi) is 19.9. The molecule has 332 valence electrons. The molecule has 0 aromatic carbocycles. The molecule has 16 heteroatoms. The van der Waals surface area contributed by atoms with Crippen molar-refractivity contribution in [3.8, 4) is 0 Å². The summed E-state index contributed by atoms with van der Waals surface area (Å²) in [6.45, 7) is 12.2. The average molecular weight is 828 g/mol. The van der Waals surface area contributed by atoms with Gasteiger partial charge in [-0.05, 0) is 66.5 Å². The highest BCUT2D eigenvalue weighted by atomic mass is 16.7. The number of aliphatic hydroxyl groups is 3. The molecule has 3 heterocycles. The lowest BCUT2D eigenvalue weighted by atomic mass is 9.82. The number of hydrogen-bond donors (Lipinski definition) is 3. The van der Waals surface area contributed by atoms with Crippen molar-refractivity contribution in [2.45, 2.75) is 185 Å². The van der Waals surface area contributed by atoms with E-state index in [9.17, 15) is 34.5 Å². The first-order chi connectivity index (χ1) is 27.4. The van der Waals surface area contributed by atoms with Crippen molar-refractivity contribution < 1.29 is 72.4 Å². The summed E-state index contributed by atoms with van der Waals surface area (Å²) in [4.78, 5) is 52.1. The van der Waals surface area contributed by atoms with E-state index >= 15 is 0 Å². The number of likely N-dealkylation sites (N-methyl/N-ethyl adjacent to an activating group) is 1. The Morgan fingerprint density at radius 3 is 2.31 bits per heavy atom. The van der Waals surface area contributed by atoms with Gasteiger partial charge in [-0.1, -0.05) is 45.1 Å². The third kappa shape index (κ3) is 13.6. The number of nitrogens with zero attached hydrogens (tertiary/aromatic N) is 1. The van der Waals surface area contributed by atoms with Gasteiger partial charge in [-0.2, -0.15) is 0 Å². The molecule has 3 aliphatic rings. The van der Waals surface area contributed by atoms with E-state index in [4.69, 9.17) is 37.9 Å². The van der Waals surface area contributed by atoms with Crippen LogP contribution in [0, 0.1) is 11.8 Å². The minimum atomic E-state index is -1.45. The third-order valence-corrected chi connectivity index (χ3v) is 11.1. The molecule has 2 fully saturated rings. The van der Waals surface area contributed by atoms with Gasteiger partial charge in [-0.3, -0.25) is 14.4 Å². The highest BCUT2D eigenvalue weighted by Gasteiger charge is 2.54. The van der Waals surface area contributed by atoms with Crippen molar-refractivity contribution in [3.63, 3.8) is 0 Å². The molecule has 0 aliphatic carbocycles. The Morgan fingerprint density at radius 1 is 0.983 bits per heavy atom. The first kappa shape index (κ1) is 49.6. The van der Waals surface area contributed by atoms with Gasteiger partial charge in [-0.25, -0.2) is 0 Å². The van der Waals surface area contributed by atoms with Crippen LogP contribution in [-0.4, -0.2) is 151 Å². The van der Waals surface area contributed by atoms with Crippen molar-refractivity contribution in [1.82, 2.24) is 4.90 Å². The smallest absolute Gasteiger partial charge is 0.308 e. The number of aliphatic hydroxyl groups excluding tert-OH is 3. The molecule has 0 radical (unpaired) electrons. The van der Waals surface area contributed by atoms with Crippen LogP contribution in [0.2, 0.25) is 0 Å². The van der Waals surface area contributed by atoms with E-state index in [1.807, 2.05) is 19.9 Å². The van der Waals surface area contributed by atoms with Gasteiger partial charge >= 0.3 is 17.9 Å². The van der Waals surface area contributed by atoms with Crippen LogP contribution in [-0.2, 0) is 57.1 Å². The van der Waals surface area contributed by atoms with E-state index in [2.05, 4.69) is 0 Å². The average Bonchev–Trinajstić information content (AvgIpc) is 3.13. The van der Waals surface area contributed by atoms with E-state index in [1.54, 1.807) is 71.8 Å². The molecule has 0 amide bonds.